The Kier molecular flexibility index (Phi) is 4.66. The second-order valence-corrected chi connectivity index (χ2v) is 8.35. The highest BCUT2D eigenvalue weighted by Gasteiger charge is 2.55. The first-order chi connectivity index (χ1) is 13.0. The fourth-order valence-electron chi connectivity index (χ4n) is 5.71. The van der Waals surface area contributed by atoms with Crippen molar-refractivity contribution in [2.75, 3.05) is 13.7 Å². The van der Waals surface area contributed by atoms with Crippen LogP contribution in [0.3, 0.4) is 0 Å². The van der Waals surface area contributed by atoms with Gasteiger partial charge in [0.25, 0.3) is 11.8 Å². The van der Waals surface area contributed by atoms with Crippen LogP contribution in [0.25, 0.3) is 0 Å². The van der Waals surface area contributed by atoms with Crippen LogP contribution >= 0.6 is 0 Å². The number of carbonyl (C=O) groups excluding carboxylic acids is 3. The molecule has 6 nitrogen and oxygen atoms in total. The van der Waals surface area contributed by atoms with Crippen molar-refractivity contribution in [3.05, 3.63) is 29.8 Å². The second-order valence-electron chi connectivity index (χ2n) is 8.35. The normalized spacial score (nSPS) is 30.6. The van der Waals surface area contributed by atoms with E-state index in [9.17, 15) is 14.4 Å². The Hall–Kier alpha value is -2.37. The molecule has 1 aromatic rings. The molecule has 1 N–H and O–H groups in total. The molecular weight excluding hydrogens is 346 g/mol. The summed E-state index contributed by atoms with van der Waals surface area (Å²) in [6.07, 6.45) is 6.38. The average Bonchev–Trinajstić information content (AvgIpc) is 2.64. The summed E-state index contributed by atoms with van der Waals surface area (Å²) in [5, 5.41) is 2.26. The van der Waals surface area contributed by atoms with Crippen LogP contribution in [0.2, 0.25) is 0 Å². The monoisotopic (exact) mass is 371 g/mol. The first kappa shape index (κ1) is 18.0. The number of methoxy groups -OCH3 is 1. The van der Waals surface area contributed by atoms with Crippen molar-refractivity contribution in [2.24, 2.45) is 23.2 Å². The molecule has 4 fully saturated rings. The van der Waals surface area contributed by atoms with E-state index in [1.165, 1.54) is 26.4 Å². The smallest absolute Gasteiger partial charge is 0.312 e. The van der Waals surface area contributed by atoms with Gasteiger partial charge in [0.05, 0.1) is 18.1 Å². The zero-order valence-corrected chi connectivity index (χ0v) is 15.5. The number of para-hydroxylation sites is 1. The minimum Gasteiger partial charge on any atom is -0.496 e. The van der Waals surface area contributed by atoms with Crippen LogP contribution in [0, 0.1) is 23.2 Å². The van der Waals surface area contributed by atoms with Gasteiger partial charge in [-0.05, 0) is 68.4 Å². The zero-order chi connectivity index (χ0) is 19.0. The van der Waals surface area contributed by atoms with E-state index in [0.717, 1.165) is 19.3 Å². The maximum atomic E-state index is 12.8. The van der Waals surface area contributed by atoms with Crippen molar-refractivity contribution < 1.29 is 23.9 Å². The molecule has 144 valence electrons. The summed E-state index contributed by atoms with van der Waals surface area (Å²) in [6, 6.07) is 6.65. The highest BCUT2D eigenvalue weighted by molar-refractivity contribution is 6.06. The van der Waals surface area contributed by atoms with E-state index in [1.807, 2.05) is 0 Å². The van der Waals surface area contributed by atoms with Crippen LogP contribution in [0.15, 0.2) is 24.3 Å². The molecule has 6 heteroatoms. The first-order valence-corrected chi connectivity index (χ1v) is 9.63. The molecule has 0 saturated heterocycles. The van der Waals surface area contributed by atoms with Crippen LogP contribution in [0.4, 0.5) is 0 Å². The Morgan fingerprint density at radius 2 is 1.63 bits per heavy atom. The molecule has 0 aliphatic heterocycles. The van der Waals surface area contributed by atoms with Crippen molar-refractivity contribution in [1.29, 1.82) is 0 Å². The molecule has 4 aliphatic carbocycles. The lowest BCUT2D eigenvalue weighted by Gasteiger charge is -2.55. The van der Waals surface area contributed by atoms with Gasteiger partial charge in [-0.3, -0.25) is 19.7 Å². The van der Waals surface area contributed by atoms with E-state index in [-0.39, 0.29) is 11.5 Å². The van der Waals surface area contributed by atoms with Crippen molar-refractivity contribution in [2.45, 2.75) is 38.5 Å². The Morgan fingerprint density at radius 1 is 1.04 bits per heavy atom. The standard InChI is InChI=1S/C21H25NO5/c1-26-17-5-3-2-4-16(17)19(24)22-18(23)12-27-20(25)21-9-13-6-14(10-21)8-15(7-13)11-21/h2-5,13-15H,6-12H2,1H3,(H,22,23,24). The lowest BCUT2D eigenvalue weighted by Crippen LogP contribution is -2.51. The number of amides is 2. The number of ether oxygens (including phenoxy) is 2. The number of esters is 1. The maximum absolute atomic E-state index is 12.8. The third-order valence-electron chi connectivity index (χ3n) is 6.41. The molecule has 0 heterocycles. The molecule has 4 aliphatic rings. The van der Waals surface area contributed by atoms with Gasteiger partial charge in [-0.1, -0.05) is 12.1 Å². The third-order valence-corrected chi connectivity index (χ3v) is 6.41. The van der Waals surface area contributed by atoms with E-state index >= 15 is 0 Å². The second kappa shape index (κ2) is 6.98. The number of carbonyl (C=O) groups is 3. The predicted octanol–water partition coefficient (Wildman–Crippen LogP) is 2.71. The molecule has 0 spiro atoms. The van der Waals surface area contributed by atoms with Crippen LogP contribution in [0.1, 0.15) is 48.9 Å². The molecule has 1 aromatic carbocycles. The lowest BCUT2D eigenvalue weighted by atomic mass is 9.49. The van der Waals surface area contributed by atoms with Gasteiger partial charge in [-0.25, -0.2) is 0 Å². The van der Waals surface area contributed by atoms with Gasteiger partial charge in [0, 0.05) is 0 Å². The van der Waals surface area contributed by atoms with Gasteiger partial charge in [0.2, 0.25) is 0 Å². The van der Waals surface area contributed by atoms with Crippen LogP contribution < -0.4 is 10.1 Å². The Bertz CT molecular complexity index is 736. The fourth-order valence-corrected chi connectivity index (χ4v) is 5.71. The van der Waals surface area contributed by atoms with Crippen molar-refractivity contribution in [3.8, 4) is 5.75 Å². The van der Waals surface area contributed by atoms with Gasteiger partial charge in [-0.15, -0.1) is 0 Å². The van der Waals surface area contributed by atoms with Crippen molar-refractivity contribution >= 4 is 17.8 Å². The molecule has 0 radical (unpaired) electrons. The molecular formula is C21H25NO5. The molecule has 0 aromatic heterocycles. The number of hydrogen-bond acceptors (Lipinski definition) is 5. The van der Waals surface area contributed by atoms with Crippen molar-refractivity contribution in [1.82, 2.24) is 5.32 Å². The SMILES string of the molecule is COc1ccccc1C(=O)NC(=O)COC(=O)C12CC3CC(CC(C3)C1)C2. The minimum absolute atomic E-state index is 0.263. The molecule has 4 saturated carbocycles. The zero-order valence-electron chi connectivity index (χ0n) is 15.5. The quantitative estimate of drug-likeness (QED) is 0.805. The van der Waals surface area contributed by atoms with Gasteiger partial charge >= 0.3 is 5.97 Å². The molecule has 27 heavy (non-hydrogen) atoms. The predicted molar refractivity (Wildman–Crippen MR) is 97.0 cm³/mol. The van der Waals surface area contributed by atoms with E-state index in [4.69, 9.17) is 9.47 Å². The highest BCUT2D eigenvalue weighted by Crippen LogP contribution is 2.60. The summed E-state index contributed by atoms with van der Waals surface area (Å²) >= 11 is 0. The van der Waals surface area contributed by atoms with Gasteiger partial charge < -0.3 is 9.47 Å². The lowest BCUT2D eigenvalue weighted by molar-refractivity contribution is -0.173. The van der Waals surface area contributed by atoms with Crippen molar-refractivity contribution in [3.63, 3.8) is 0 Å². The molecule has 0 atom stereocenters. The highest BCUT2D eigenvalue weighted by atomic mass is 16.5. The summed E-state index contributed by atoms with van der Waals surface area (Å²) in [6.45, 7) is -0.429. The first-order valence-electron chi connectivity index (χ1n) is 9.63. The summed E-state index contributed by atoms with van der Waals surface area (Å²) in [5.41, 5.74) is -0.137. The Labute approximate surface area is 158 Å². The van der Waals surface area contributed by atoms with Gasteiger partial charge in [0.15, 0.2) is 6.61 Å². The van der Waals surface area contributed by atoms with E-state index in [2.05, 4.69) is 5.32 Å². The fraction of sp³-hybridized carbons (Fsp3) is 0.571. The minimum atomic E-state index is -0.621. The number of hydrogen-bond donors (Lipinski definition) is 1. The summed E-state index contributed by atoms with van der Waals surface area (Å²) in [4.78, 5) is 37.1. The summed E-state index contributed by atoms with van der Waals surface area (Å²) in [5.74, 6) is 0.821. The summed E-state index contributed by atoms with van der Waals surface area (Å²) < 4.78 is 10.5. The van der Waals surface area contributed by atoms with Crippen LogP contribution in [-0.4, -0.2) is 31.5 Å². The van der Waals surface area contributed by atoms with Gasteiger partial charge in [-0.2, -0.15) is 0 Å². The number of nitrogens with one attached hydrogen (secondary N) is 1. The van der Waals surface area contributed by atoms with E-state index in [1.54, 1.807) is 24.3 Å². The molecule has 0 unspecified atom stereocenters. The Morgan fingerprint density at radius 3 is 2.22 bits per heavy atom. The van der Waals surface area contributed by atoms with E-state index < -0.39 is 23.8 Å². The maximum Gasteiger partial charge on any atom is 0.312 e. The Balaban J connectivity index is 1.33. The van der Waals surface area contributed by atoms with Crippen LogP contribution in [0.5, 0.6) is 5.75 Å². The number of rotatable bonds is 5. The van der Waals surface area contributed by atoms with Crippen LogP contribution in [-0.2, 0) is 14.3 Å². The molecule has 2 amide bonds. The average molecular weight is 371 g/mol. The molecule has 4 bridgehead atoms. The third kappa shape index (κ3) is 3.45. The van der Waals surface area contributed by atoms with E-state index in [0.29, 0.717) is 23.5 Å². The summed E-state index contributed by atoms with van der Waals surface area (Å²) in [7, 11) is 1.46. The number of imide groups is 1. The molecule has 5 rings (SSSR count). The largest absolute Gasteiger partial charge is 0.496 e. The topological polar surface area (TPSA) is 81.7 Å². The van der Waals surface area contributed by atoms with Gasteiger partial charge in [0.1, 0.15) is 5.75 Å². The number of benzene rings is 1.